The van der Waals surface area contributed by atoms with Crippen LogP contribution in [0, 0.1) is 6.92 Å². The van der Waals surface area contributed by atoms with Crippen molar-refractivity contribution < 1.29 is 4.42 Å². The summed E-state index contributed by atoms with van der Waals surface area (Å²) >= 11 is 0. The van der Waals surface area contributed by atoms with E-state index in [4.69, 9.17) is 4.42 Å². The van der Waals surface area contributed by atoms with Crippen molar-refractivity contribution in [3.05, 3.63) is 48.0 Å². The number of hydrogen-bond acceptors (Lipinski definition) is 1. The van der Waals surface area contributed by atoms with Gasteiger partial charge in [0.1, 0.15) is 11.5 Å². The van der Waals surface area contributed by atoms with Crippen molar-refractivity contribution in [1.82, 2.24) is 0 Å². The van der Waals surface area contributed by atoms with E-state index in [0.717, 1.165) is 30.8 Å². The maximum atomic E-state index is 5.47. The zero-order chi connectivity index (χ0) is 10.2. The summed E-state index contributed by atoms with van der Waals surface area (Å²) in [4.78, 5) is 0. The summed E-state index contributed by atoms with van der Waals surface area (Å²) in [6.07, 6.45) is 11.7. The number of hydrogen-bond donors (Lipinski definition) is 0. The summed E-state index contributed by atoms with van der Waals surface area (Å²) in [5, 5.41) is 0. The van der Waals surface area contributed by atoms with Gasteiger partial charge in [0, 0.05) is 6.42 Å². The topological polar surface area (TPSA) is 13.1 Å². The first kappa shape index (κ1) is 10.8. The molecule has 0 atom stereocenters. The fourth-order valence-corrected chi connectivity index (χ4v) is 1.30. The minimum Gasteiger partial charge on any atom is -0.466 e. The van der Waals surface area contributed by atoms with Crippen LogP contribution >= 0.6 is 0 Å². The van der Waals surface area contributed by atoms with Gasteiger partial charge >= 0.3 is 0 Å². The normalized spacial score (nSPS) is 11.9. The first-order valence-corrected chi connectivity index (χ1v) is 5.16. The highest BCUT2D eigenvalue weighted by molar-refractivity contribution is 5.06. The van der Waals surface area contributed by atoms with Crippen LogP contribution in [0.5, 0.6) is 0 Å². The molecule has 0 saturated heterocycles. The number of aryl methyl sites for hydroxylation is 2. The Bertz CT molecular complexity index is 305. The summed E-state index contributed by atoms with van der Waals surface area (Å²) in [6, 6.07) is 4.08. The zero-order valence-corrected chi connectivity index (χ0v) is 8.99. The molecular weight excluding hydrogens is 172 g/mol. The molecule has 1 aromatic rings. The van der Waals surface area contributed by atoms with Crippen LogP contribution in [0.15, 0.2) is 40.9 Å². The van der Waals surface area contributed by atoms with Crippen LogP contribution in [0.1, 0.15) is 31.3 Å². The van der Waals surface area contributed by atoms with Crippen molar-refractivity contribution in [2.24, 2.45) is 0 Å². The zero-order valence-electron chi connectivity index (χ0n) is 8.99. The molecule has 1 heterocycles. The first-order valence-electron chi connectivity index (χ1n) is 5.16. The lowest BCUT2D eigenvalue weighted by Crippen LogP contribution is -1.79. The Kier molecular flexibility index (Phi) is 4.84. The van der Waals surface area contributed by atoms with Gasteiger partial charge in [-0.25, -0.2) is 0 Å². The van der Waals surface area contributed by atoms with Crippen LogP contribution < -0.4 is 0 Å². The van der Waals surface area contributed by atoms with Crippen molar-refractivity contribution >= 4 is 0 Å². The summed E-state index contributed by atoms with van der Waals surface area (Å²) in [6.45, 7) is 4.01. The Balaban J connectivity index is 2.16. The Morgan fingerprint density at radius 3 is 2.79 bits per heavy atom. The second kappa shape index (κ2) is 6.25. The molecule has 0 fully saturated rings. The Labute approximate surface area is 86.1 Å². The van der Waals surface area contributed by atoms with Crippen LogP contribution in [0.2, 0.25) is 0 Å². The lowest BCUT2D eigenvalue weighted by Gasteiger charge is -1.93. The second-order valence-corrected chi connectivity index (χ2v) is 3.36. The molecule has 0 N–H and O–H groups in total. The summed E-state index contributed by atoms with van der Waals surface area (Å²) < 4.78 is 5.47. The summed E-state index contributed by atoms with van der Waals surface area (Å²) in [5.41, 5.74) is 0. The fourth-order valence-electron chi connectivity index (χ4n) is 1.30. The molecule has 14 heavy (non-hydrogen) atoms. The van der Waals surface area contributed by atoms with E-state index in [9.17, 15) is 0 Å². The van der Waals surface area contributed by atoms with Crippen LogP contribution in [0.3, 0.4) is 0 Å². The third-order valence-electron chi connectivity index (χ3n) is 2.03. The highest BCUT2D eigenvalue weighted by Gasteiger charge is 1.96. The smallest absolute Gasteiger partial charge is 0.104 e. The van der Waals surface area contributed by atoms with Gasteiger partial charge in [0.25, 0.3) is 0 Å². The highest BCUT2D eigenvalue weighted by Crippen LogP contribution is 2.09. The number of furan rings is 1. The summed E-state index contributed by atoms with van der Waals surface area (Å²) in [5.74, 6) is 2.10. The van der Waals surface area contributed by atoms with Gasteiger partial charge in [-0.15, -0.1) is 0 Å². The molecule has 0 spiro atoms. The third-order valence-corrected chi connectivity index (χ3v) is 2.03. The van der Waals surface area contributed by atoms with E-state index in [1.165, 1.54) is 0 Å². The minimum atomic E-state index is 1.00. The Hall–Kier alpha value is -1.24. The third kappa shape index (κ3) is 4.13. The van der Waals surface area contributed by atoms with Gasteiger partial charge in [0.2, 0.25) is 0 Å². The molecule has 1 aromatic heterocycles. The van der Waals surface area contributed by atoms with E-state index < -0.39 is 0 Å². The maximum absolute atomic E-state index is 5.47. The van der Waals surface area contributed by atoms with Crippen molar-refractivity contribution in [1.29, 1.82) is 0 Å². The molecule has 1 heteroatoms. The van der Waals surface area contributed by atoms with E-state index in [2.05, 4.69) is 24.3 Å². The molecule has 0 aliphatic rings. The van der Waals surface area contributed by atoms with Gasteiger partial charge < -0.3 is 4.42 Å². The van der Waals surface area contributed by atoms with Gasteiger partial charge in [0.15, 0.2) is 0 Å². The van der Waals surface area contributed by atoms with E-state index in [0.29, 0.717) is 0 Å². The van der Waals surface area contributed by atoms with Crippen molar-refractivity contribution in [2.75, 3.05) is 0 Å². The number of unbranched alkanes of at least 4 members (excludes halogenated alkanes) is 1. The van der Waals surface area contributed by atoms with E-state index in [1.54, 1.807) is 0 Å². The highest BCUT2D eigenvalue weighted by atomic mass is 16.3. The summed E-state index contributed by atoms with van der Waals surface area (Å²) in [7, 11) is 0. The van der Waals surface area contributed by atoms with Crippen LogP contribution in [0.25, 0.3) is 0 Å². The number of allylic oxidation sites excluding steroid dienone is 4. The Morgan fingerprint density at radius 2 is 2.14 bits per heavy atom. The van der Waals surface area contributed by atoms with Gasteiger partial charge in [-0.1, -0.05) is 24.3 Å². The van der Waals surface area contributed by atoms with Crippen molar-refractivity contribution in [3.63, 3.8) is 0 Å². The van der Waals surface area contributed by atoms with E-state index >= 15 is 0 Å². The van der Waals surface area contributed by atoms with Gasteiger partial charge in [0.05, 0.1) is 0 Å². The molecular formula is C13H18O. The van der Waals surface area contributed by atoms with Gasteiger partial charge in [-0.2, -0.15) is 0 Å². The minimum absolute atomic E-state index is 1.00. The largest absolute Gasteiger partial charge is 0.466 e. The first-order chi connectivity index (χ1) is 6.83. The average Bonchev–Trinajstić information content (AvgIpc) is 2.58. The standard InChI is InChI=1S/C13H18O/c1-3-4-5-6-7-8-9-13-11-10-12(2)14-13/h3-6,10-11H,7-9H2,1-2H3/b4-3+,6-5+. The van der Waals surface area contributed by atoms with Crippen LogP contribution in [-0.4, -0.2) is 0 Å². The molecule has 0 amide bonds. The molecule has 0 aliphatic carbocycles. The molecule has 0 unspecified atom stereocenters. The lowest BCUT2D eigenvalue weighted by atomic mass is 10.2. The second-order valence-electron chi connectivity index (χ2n) is 3.36. The SMILES string of the molecule is C/C=C/C=C/CCCc1ccc(C)o1. The van der Waals surface area contributed by atoms with E-state index in [1.807, 2.05) is 26.0 Å². The molecule has 0 bridgehead atoms. The molecule has 0 radical (unpaired) electrons. The predicted molar refractivity (Wildman–Crippen MR) is 60.3 cm³/mol. The van der Waals surface area contributed by atoms with Gasteiger partial charge in [-0.05, 0) is 38.8 Å². The van der Waals surface area contributed by atoms with Crippen molar-refractivity contribution in [3.8, 4) is 0 Å². The predicted octanol–water partition coefficient (Wildman–Crippen LogP) is 4.04. The molecule has 0 aromatic carbocycles. The van der Waals surface area contributed by atoms with Gasteiger partial charge in [-0.3, -0.25) is 0 Å². The monoisotopic (exact) mass is 190 g/mol. The molecule has 1 rings (SSSR count). The molecule has 1 nitrogen and oxygen atoms in total. The molecule has 0 aliphatic heterocycles. The molecule has 0 saturated carbocycles. The van der Waals surface area contributed by atoms with E-state index in [-0.39, 0.29) is 0 Å². The Morgan fingerprint density at radius 1 is 1.29 bits per heavy atom. The van der Waals surface area contributed by atoms with Crippen LogP contribution in [-0.2, 0) is 6.42 Å². The maximum Gasteiger partial charge on any atom is 0.104 e. The average molecular weight is 190 g/mol. The van der Waals surface area contributed by atoms with Crippen molar-refractivity contribution in [2.45, 2.75) is 33.1 Å². The number of rotatable bonds is 5. The fraction of sp³-hybridized carbons (Fsp3) is 0.385. The quantitative estimate of drug-likeness (QED) is 0.504. The van der Waals surface area contributed by atoms with Crippen LogP contribution in [0.4, 0.5) is 0 Å². The molecule has 76 valence electrons. The lowest BCUT2D eigenvalue weighted by molar-refractivity contribution is 0.478.